The van der Waals surface area contributed by atoms with E-state index in [9.17, 15) is 13.2 Å². The van der Waals surface area contributed by atoms with Crippen molar-refractivity contribution in [1.29, 1.82) is 0 Å². The monoisotopic (exact) mass is 376 g/mol. The molecule has 0 atom stereocenters. The molecule has 7 heteroatoms. The first-order valence-electron chi connectivity index (χ1n) is 8.43. The molecule has 0 heterocycles. The highest BCUT2D eigenvalue weighted by atomic mass is 32.2. The van der Waals surface area contributed by atoms with Crippen molar-refractivity contribution >= 4 is 15.9 Å². The molecule has 2 rings (SSSR count). The first-order chi connectivity index (χ1) is 12.4. The molecule has 0 fully saturated rings. The van der Waals surface area contributed by atoms with Gasteiger partial charge >= 0.3 is 0 Å². The zero-order valence-electron chi connectivity index (χ0n) is 15.2. The minimum absolute atomic E-state index is 0.123. The summed E-state index contributed by atoms with van der Waals surface area (Å²) in [6.45, 7) is 4.67. The summed E-state index contributed by atoms with van der Waals surface area (Å²) in [5.74, 6) is 0.423. The highest BCUT2D eigenvalue weighted by Crippen LogP contribution is 2.17. The number of rotatable bonds is 8. The van der Waals surface area contributed by atoms with Gasteiger partial charge in [-0.05, 0) is 35.9 Å². The molecule has 0 aliphatic rings. The Morgan fingerprint density at radius 1 is 1.08 bits per heavy atom. The van der Waals surface area contributed by atoms with Crippen LogP contribution in [0.1, 0.15) is 29.8 Å². The maximum atomic E-state index is 12.6. The van der Waals surface area contributed by atoms with Gasteiger partial charge in [-0.25, -0.2) is 8.42 Å². The standard InChI is InChI=1S/C19H24N2O4S/c1-4-21(5-2)26(23,24)18-8-6-7-16(13-18)19(22)20-14-15-9-11-17(25-3)12-10-15/h6-13H,4-5,14H2,1-3H3,(H,20,22). The normalized spacial score (nSPS) is 11.4. The lowest BCUT2D eigenvalue weighted by Gasteiger charge is -2.18. The van der Waals surface area contributed by atoms with E-state index in [-0.39, 0.29) is 10.8 Å². The van der Waals surface area contributed by atoms with Crippen LogP contribution in [0.15, 0.2) is 53.4 Å². The van der Waals surface area contributed by atoms with E-state index in [4.69, 9.17) is 4.74 Å². The second kappa shape index (κ2) is 8.82. The minimum Gasteiger partial charge on any atom is -0.497 e. The number of benzene rings is 2. The van der Waals surface area contributed by atoms with Crippen LogP contribution < -0.4 is 10.1 Å². The molecule has 1 N–H and O–H groups in total. The predicted molar refractivity (Wildman–Crippen MR) is 101 cm³/mol. The van der Waals surface area contributed by atoms with Gasteiger partial charge in [0.1, 0.15) is 5.75 Å². The minimum atomic E-state index is -3.59. The van der Waals surface area contributed by atoms with Crippen molar-refractivity contribution in [2.24, 2.45) is 0 Å². The van der Waals surface area contributed by atoms with Gasteiger partial charge in [-0.3, -0.25) is 4.79 Å². The van der Waals surface area contributed by atoms with Crippen molar-refractivity contribution in [1.82, 2.24) is 9.62 Å². The first-order valence-corrected chi connectivity index (χ1v) is 9.87. The van der Waals surface area contributed by atoms with Crippen LogP contribution in [0, 0.1) is 0 Å². The Bertz CT molecular complexity index is 844. The highest BCUT2D eigenvalue weighted by Gasteiger charge is 2.22. The number of sulfonamides is 1. The third-order valence-corrected chi connectivity index (χ3v) is 6.10. The Balaban J connectivity index is 2.12. The van der Waals surface area contributed by atoms with Gasteiger partial charge in [-0.2, -0.15) is 4.31 Å². The molecule has 0 aromatic heterocycles. The second-order valence-corrected chi connectivity index (χ2v) is 7.59. The summed E-state index contributed by atoms with van der Waals surface area (Å²) < 4.78 is 31.6. The molecule has 0 aliphatic heterocycles. The van der Waals surface area contributed by atoms with E-state index in [1.54, 1.807) is 33.1 Å². The summed E-state index contributed by atoms with van der Waals surface area (Å²) in [4.78, 5) is 12.5. The molecule has 0 aliphatic carbocycles. The first kappa shape index (κ1) is 19.9. The zero-order chi connectivity index (χ0) is 19.2. The van der Waals surface area contributed by atoms with Crippen molar-refractivity contribution in [2.45, 2.75) is 25.3 Å². The van der Waals surface area contributed by atoms with Crippen LogP contribution >= 0.6 is 0 Å². The molecule has 0 spiro atoms. The van der Waals surface area contributed by atoms with E-state index in [0.717, 1.165) is 11.3 Å². The number of hydrogen-bond donors (Lipinski definition) is 1. The van der Waals surface area contributed by atoms with Crippen LogP contribution in [0.4, 0.5) is 0 Å². The van der Waals surface area contributed by atoms with E-state index < -0.39 is 10.0 Å². The van der Waals surface area contributed by atoms with Gasteiger partial charge in [0.25, 0.3) is 5.91 Å². The number of nitrogens with one attached hydrogen (secondary N) is 1. The van der Waals surface area contributed by atoms with Gasteiger partial charge in [-0.15, -0.1) is 0 Å². The van der Waals surface area contributed by atoms with Gasteiger partial charge in [0.2, 0.25) is 10.0 Å². The topological polar surface area (TPSA) is 75.7 Å². The second-order valence-electron chi connectivity index (χ2n) is 5.65. The van der Waals surface area contributed by atoms with Crippen molar-refractivity contribution in [3.63, 3.8) is 0 Å². The number of carbonyl (C=O) groups excluding carboxylic acids is 1. The van der Waals surface area contributed by atoms with Gasteiger partial charge in [0.05, 0.1) is 12.0 Å². The van der Waals surface area contributed by atoms with Gasteiger partial charge < -0.3 is 10.1 Å². The fourth-order valence-electron chi connectivity index (χ4n) is 2.54. The maximum absolute atomic E-state index is 12.6. The largest absolute Gasteiger partial charge is 0.497 e. The lowest BCUT2D eigenvalue weighted by atomic mass is 10.2. The molecular formula is C19H24N2O4S. The highest BCUT2D eigenvalue weighted by molar-refractivity contribution is 7.89. The average Bonchev–Trinajstić information content (AvgIpc) is 2.67. The maximum Gasteiger partial charge on any atom is 0.251 e. The summed E-state index contributed by atoms with van der Waals surface area (Å²) in [7, 11) is -2.00. The summed E-state index contributed by atoms with van der Waals surface area (Å²) in [6, 6.07) is 13.5. The fourth-order valence-corrected chi connectivity index (χ4v) is 4.04. The molecule has 1 amide bonds. The molecule has 0 unspecified atom stereocenters. The SMILES string of the molecule is CCN(CC)S(=O)(=O)c1cccc(C(=O)NCc2ccc(OC)cc2)c1. The predicted octanol–water partition coefficient (Wildman–Crippen LogP) is 2.66. The smallest absolute Gasteiger partial charge is 0.251 e. The van der Waals surface area contributed by atoms with Crippen LogP contribution in [0.5, 0.6) is 5.75 Å². The molecule has 140 valence electrons. The van der Waals surface area contributed by atoms with Crippen molar-refractivity contribution in [3.05, 3.63) is 59.7 Å². The van der Waals surface area contributed by atoms with Crippen molar-refractivity contribution in [3.8, 4) is 5.75 Å². The van der Waals surface area contributed by atoms with Gasteiger partial charge in [-0.1, -0.05) is 32.0 Å². The fraction of sp³-hybridized carbons (Fsp3) is 0.316. The van der Waals surface area contributed by atoms with Crippen LogP contribution in [-0.2, 0) is 16.6 Å². The van der Waals surface area contributed by atoms with Gasteiger partial charge in [0, 0.05) is 25.2 Å². The summed E-state index contributed by atoms with van der Waals surface area (Å²) in [6.07, 6.45) is 0. The molecule has 2 aromatic rings. The zero-order valence-corrected chi connectivity index (χ0v) is 16.0. The van der Waals surface area contributed by atoms with E-state index in [1.807, 2.05) is 24.3 Å². The third kappa shape index (κ3) is 4.62. The average molecular weight is 376 g/mol. The van der Waals surface area contributed by atoms with Crippen LogP contribution in [0.25, 0.3) is 0 Å². The molecule has 0 radical (unpaired) electrons. The van der Waals surface area contributed by atoms with Crippen LogP contribution in [0.3, 0.4) is 0 Å². The number of hydrogen-bond acceptors (Lipinski definition) is 4. The number of nitrogens with zero attached hydrogens (tertiary/aromatic N) is 1. The summed E-state index contributed by atoms with van der Waals surface area (Å²) in [5.41, 5.74) is 1.23. The molecule has 6 nitrogen and oxygen atoms in total. The Hall–Kier alpha value is -2.38. The molecular weight excluding hydrogens is 352 g/mol. The Kier molecular flexibility index (Phi) is 6.76. The van der Waals surface area contributed by atoms with Gasteiger partial charge in [0.15, 0.2) is 0 Å². The Morgan fingerprint density at radius 2 is 1.73 bits per heavy atom. The Morgan fingerprint density at radius 3 is 2.31 bits per heavy atom. The number of methoxy groups -OCH3 is 1. The van der Waals surface area contributed by atoms with E-state index in [2.05, 4.69) is 5.32 Å². The Labute approximate surface area is 154 Å². The lowest BCUT2D eigenvalue weighted by molar-refractivity contribution is 0.0950. The molecule has 0 bridgehead atoms. The molecule has 2 aromatic carbocycles. The number of carbonyl (C=O) groups is 1. The third-order valence-electron chi connectivity index (χ3n) is 4.05. The summed E-state index contributed by atoms with van der Waals surface area (Å²) >= 11 is 0. The number of amides is 1. The van der Waals surface area contributed by atoms with Crippen LogP contribution in [0.2, 0.25) is 0 Å². The van der Waals surface area contributed by atoms with Crippen LogP contribution in [-0.4, -0.2) is 38.8 Å². The number of ether oxygens (including phenoxy) is 1. The van der Waals surface area contributed by atoms with E-state index >= 15 is 0 Å². The van der Waals surface area contributed by atoms with E-state index in [1.165, 1.54) is 16.4 Å². The van der Waals surface area contributed by atoms with E-state index in [0.29, 0.717) is 25.2 Å². The lowest BCUT2D eigenvalue weighted by Crippen LogP contribution is -2.31. The molecule has 26 heavy (non-hydrogen) atoms. The molecule has 0 saturated heterocycles. The summed E-state index contributed by atoms with van der Waals surface area (Å²) in [5, 5.41) is 2.80. The molecule has 0 saturated carbocycles. The van der Waals surface area contributed by atoms with Crippen molar-refractivity contribution in [2.75, 3.05) is 20.2 Å². The van der Waals surface area contributed by atoms with Crippen molar-refractivity contribution < 1.29 is 17.9 Å². The quantitative estimate of drug-likeness (QED) is 0.768.